The Morgan fingerprint density at radius 1 is 0.531 bits per heavy atom. The van der Waals surface area contributed by atoms with Gasteiger partial charge in [-0.2, -0.15) is 29.9 Å². The lowest BCUT2D eigenvalue weighted by molar-refractivity contribution is -0.387. The molecule has 0 radical (unpaired) electrons. The van der Waals surface area contributed by atoms with Gasteiger partial charge in [0.25, 0.3) is 11.6 Å². The van der Waals surface area contributed by atoms with E-state index in [0.717, 1.165) is 52.1 Å². The van der Waals surface area contributed by atoms with E-state index >= 15 is 0 Å². The summed E-state index contributed by atoms with van der Waals surface area (Å²) in [5.41, 5.74) is 17.9. The van der Waals surface area contributed by atoms with E-state index in [4.69, 9.17) is 83.7 Å². The average molecular weight is 1450 g/mol. The minimum Gasteiger partial charge on any atom is -0.462 e. The molecule has 5 aromatic heterocycles. The molecular weight excluding hydrogens is 1390 g/mol. The average Bonchev–Trinajstić information content (AvgIpc) is 1.65. The first-order chi connectivity index (χ1) is 46.6. The zero-order chi connectivity index (χ0) is 71.7. The highest BCUT2D eigenvalue weighted by molar-refractivity contribution is 6.32. The number of carbonyl (C=O) groups excluding carboxylic acids is 4. The maximum atomic E-state index is 12.5. The number of nitro groups is 2. The topological polar surface area (TPSA) is 396 Å². The van der Waals surface area contributed by atoms with Crippen LogP contribution >= 0.6 is 58.0 Å². The monoisotopic (exact) mass is 1440 g/mol. The number of hydrogen-bond donors (Lipinski definition) is 8. The number of nitrogens with one attached hydrogen (secondary N) is 6. The molecule has 1 amide bonds. The zero-order valence-corrected chi connectivity index (χ0v) is 56.9. The Balaban J connectivity index is 0.000000168. The lowest BCUT2D eigenvalue weighted by Gasteiger charge is -2.11. The van der Waals surface area contributed by atoms with Gasteiger partial charge in [-0.25, -0.2) is 14.4 Å². The van der Waals surface area contributed by atoms with Crippen LogP contribution in [0.2, 0.25) is 25.1 Å². The van der Waals surface area contributed by atoms with E-state index in [9.17, 15) is 43.8 Å². The fourth-order valence-electron chi connectivity index (χ4n) is 8.65. The first kappa shape index (κ1) is 74.2. The highest BCUT2D eigenvalue weighted by Crippen LogP contribution is 2.36. The molecule has 514 valence electrons. The fourth-order valence-corrected chi connectivity index (χ4v) is 9.51. The normalized spacial score (nSPS) is 11.1. The van der Waals surface area contributed by atoms with Gasteiger partial charge in [-0.15, -0.1) is 0 Å². The number of nitrogens with two attached hydrogens (primary N) is 2. The van der Waals surface area contributed by atoms with Gasteiger partial charge in [0.15, 0.2) is 0 Å². The number of benzene rings is 5. The predicted octanol–water partition coefficient (Wildman–Crippen LogP) is 13.2. The van der Waals surface area contributed by atoms with Gasteiger partial charge in [-0.05, 0) is 99.6 Å². The van der Waals surface area contributed by atoms with Crippen LogP contribution in [-0.4, -0.2) is 102 Å². The third-order valence-electron chi connectivity index (χ3n) is 13.5. The van der Waals surface area contributed by atoms with E-state index in [1.807, 2.05) is 36.1 Å². The molecule has 12 rings (SSSR count). The Kier molecular flexibility index (Phi) is 25.7. The van der Waals surface area contributed by atoms with Crippen LogP contribution in [-0.2, 0) is 56.0 Å². The number of fused-ring (bicyclic) bond motifs is 4. The summed E-state index contributed by atoms with van der Waals surface area (Å²) >= 11 is 28.9. The minimum atomic E-state index is -0.876. The van der Waals surface area contributed by atoms with Crippen LogP contribution < -0.4 is 43.4 Å². The molecule has 0 unspecified atom stereocenters. The quantitative estimate of drug-likeness (QED) is 0.0185. The molecule has 0 spiro atoms. The number of amides is 1. The zero-order valence-electron chi connectivity index (χ0n) is 53.2. The van der Waals surface area contributed by atoms with Gasteiger partial charge in [-0.1, -0.05) is 58.0 Å². The second-order valence-electron chi connectivity index (χ2n) is 20.2. The summed E-state index contributed by atoms with van der Waals surface area (Å²) in [6.07, 6.45) is 7.58. The number of rotatable bonds is 12. The minimum absolute atomic E-state index is 0.151. The van der Waals surface area contributed by atoms with Crippen molar-refractivity contribution >= 4 is 162 Å². The predicted molar refractivity (Wildman–Crippen MR) is 372 cm³/mol. The smallest absolute Gasteiger partial charge is 0.343 e. The summed E-state index contributed by atoms with van der Waals surface area (Å²) in [5, 5.41) is 62.1. The highest BCUT2D eigenvalue weighted by atomic mass is 35.5. The third-order valence-corrected chi connectivity index (χ3v) is 14.7. The Bertz CT molecular complexity index is 4580. The Labute approximate surface area is 582 Å². The maximum Gasteiger partial charge on any atom is 0.343 e. The summed E-state index contributed by atoms with van der Waals surface area (Å²) in [6, 6.07) is 23.5. The van der Waals surface area contributed by atoms with Crippen molar-refractivity contribution in [1.29, 1.82) is 0 Å². The number of anilines is 12. The van der Waals surface area contributed by atoms with Crippen molar-refractivity contribution in [2.75, 3.05) is 63.2 Å². The fraction of sp³-hybridized carbons (Fsp3) is 0.197. The number of nitrogen functional groups attached to an aromatic ring is 2. The molecule has 0 saturated carbocycles. The molecule has 37 heteroatoms. The molecule has 0 atom stereocenters. The summed E-state index contributed by atoms with van der Waals surface area (Å²) in [4.78, 5) is 66.6. The van der Waals surface area contributed by atoms with Crippen molar-refractivity contribution in [1.82, 2.24) is 48.9 Å². The molecule has 2 aliphatic heterocycles. The molecule has 10 N–H and O–H groups in total. The second kappa shape index (κ2) is 34.0. The van der Waals surface area contributed by atoms with Gasteiger partial charge >= 0.3 is 23.6 Å². The summed E-state index contributed by atoms with van der Waals surface area (Å²) in [5.74, 6) is 0.321. The van der Waals surface area contributed by atoms with Gasteiger partial charge in [-0.3, -0.25) is 48.4 Å². The van der Waals surface area contributed by atoms with Gasteiger partial charge < -0.3 is 57.6 Å². The third kappa shape index (κ3) is 19.1. The van der Waals surface area contributed by atoms with E-state index in [1.165, 1.54) is 58.4 Å². The van der Waals surface area contributed by atoms with E-state index in [-0.39, 0.29) is 39.5 Å². The van der Waals surface area contributed by atoms with Crippen LogP contribution in [0.3, 0.4) is 0 Å². The number of nitrogens with zero attached hydrogens (tertiary/aromatic N) is 12. The molecule has 5 aromatic carbocycles. The lowest BCUT2D eigenvalue weighted by atomic mass is 10.2. The van der Waals surface area contributed by atoms with Gasteiger partial charge in [0.05, 0.1) is 94.8 Å². The van der Waals surface area contributed by atoms with Crippen molar-refractivity contribution in [3.8, 4) is 0 Å². The molecule has 7 heterocycles. The second-order valence-corrected chi connectivity index (χ2v) is 22.3. The molecule has 0 aliphatic carbocycles. The standard InChI is InChI=1S/C13H13ClN4O4.C13H15ClN4O2.C11H9ClN4O.C11H11ClN4.C7H11N3O2.C6H3ClFNO2/c1-3-22-13(19)9-7-15-17(2)12(9)16-10-5-4-8(14)6-11(10)18(20)21;1-3-20-13(19)9-7-16-18(2)12(9)17-11-5-4-8(14)6-10(11)15;1-16-10-7(5-13-16)11(17)15-8-3-2-6(12)4-9(8)14-10;1-16-11-7(6-14-16)5-13-9-3-2-8(12)4-10(9)15-11;1-3-12-7(11)5-4-9-10(2)6(5)8;7-4-1-2-5(8)6(3-4)9(10)11/h4-7,16H,3H2,1-2H3;4-7,17H,3,15H2,1-2H3;2-5,14H,1H3,(H,15,17);2-4,6,13,15H,5H2,1H3;4H,3,8H2,1-2H3;1-3H. The summed E-state index contributed by atoms with van der Waals surface area (Å²) in [7, 11) is 8.68. The summed E-state index contributed by atoms with van der Waals surface area (Å²) < 4.78 is 35.0. The summed E-state index contributed by atoms with van der Waals surface area (Å²) in [6.45, 7) is 6.80. The number of aryl methyl sites for hydroxylation is 5. The van der Waals surface area contributed by atoms with Crippen LogP contribution in [0.15, 0.2) is 122 Å². The van der Waals surface area contributed by atoms with Crippen LogP contribution in [0, 0.1) is 26.0 Å². The number of ether oxygens (including phenoxy) is 3. The van der Waals surface area contributed by atoms with E-state index in [0.29, 0.717) is 80.3 Å². The SMILES string of the molecule is CCOC(=O)c1cnn(C)c1N.CCOC(=O)c1cnn(C)c1Nc1ccc(Cl)cc1N.CCOC(=O)c1cnn(C)c1Nc1ccc(Cl)cc1[N+](=O)[O-].Cn1ncc2c1Nc1cc(Cl)ccc1NC2.Cn1ncc2c1Nc1cc(Cl)ccc1NC2=O.O=[N+]([O-])c1cc(Cl)ccc1F. The lowest BCUT2D eigenvalue weighted by Crippen LogP contribution is -2.09. The Morgan fingerprint density at radius 2 is 0.959 bits per heavy atom. The van der Waals surface area contributed by atoms with Crippen molar-refractivity contribution in [3.05, 3.63) is 201 Å². The van der Waals surface area contributed by atoms with Crippen LogP contribution in [0.25, 0.3) is 0 Å². The number of esters is 3. The van der Waals surface area contributed by atoms with Gasteiger partial charge in [0.1, 0.15) is 57.0 Å². The largest absolute Gasteiger partial charge is 0.462 e. The molecule has 0 fully saturated rings. The molecule has 0 bridgehead atoms. The molecule has 10 aromatic rings. The van der Waals surface area contributed by atoms with E-state index in [2.05, 4.69) is 57.4 Å². The Morgan fingerprint density at radius 3 is 1.49 bits per heavy atom. The first-order valence-corrected chi connectivity index (χ1v) is 30.7. The molecular formula is C61H62Cl5FN20O11. The first-order valence-electron chi connectivity index (χ1n) is 28.8. The molecule has 31 nitrogen and oxygen atoms in total. The number of halogens is 6. The van der Waals surface area contributed by atoms with Crippen molar-refractivity contribution < 1.29 is 47.6 Å². The number of nitro benzene ring substituents is 2. The number of aromatic nitrogens is 10. The van der Waals surface area contributed by atoms with Gasteiger partial charge in [0.2, 0.25) is 5.82 Å². The number of hydrogen-bond acceptors (Lipinski definition) is 23. The highest BCUT2D eigenvalue weighted by Gasteiger charge is 2.25. The molecule has 0 saturated heterocycles. The Hall–Kier alpha value is -11.2. The van der Waals surface area contributed by atoms with Crippen molar-refractivity contribution in [2.45, 2.75) is 27.3 Å². The van der Waals surface area contributed by atoms with Gasteiger partial charge in [0, 0.05) is 84.6 Å². The van der Waals surface area contributed by atoms with Crippen LogP contribution in [0.5, 0.6) is 0 Å². The molecule has 2 aliphatic rings. The molecule has 98 heavy (non-hydrogen) atoms. The van der Waals surface area contributed by atoms with Crippen molar-refractivity contribution in [2.24, 2.45) is 35.2 Å². The maximum absolute atomic E-state index is 12.5. The van der Waals surface area contributed by atoms with Crippen LogP contribution in [0.4, 0.5) is 84.7 Å². The van der Waals surface area contributed by atoms with E-state index < -0.39 is 39.3 Å². The number of carbonyl (C=O) groups is 4. The van der Waals surface area contributed by atoms with E-state index in [1.54, 1.807) is 94.7 Å². The van der Waals surface area contributed by atoms with Crippen molar-refractivity contribution in [3.63, 3.8) is 0 Å². The van der Waals surface area contributed by atoms with Crippen LogP contribution in [0.1, 0.15) is 67.8 Å².